The molecule has 1 heterocycles. The second-order valence-corrected chi connectivity index (χ2v) is 5.41. The fraction of sp³-hybridized carbons (Fsp3) is 0.200. The molecule has 0 amide bonds. The van der Waals surface area contributed by atoms with E-state index in [0.717, 1.165) is 22.1 Å². The van der Waals surface area contributed by atoms with Crippen LogP contribution < -0.4 is 10.2 Å². The molecular weight excluding hydrogens is 268 g/mol. The summed E-state index contributed by atoms with van der Waals surface area (Å²) in [6.07, 6.45) is 1.70. The van der Waals surface area contributed by atoms with Gasteiger partial charge >= 0.3 is 0 Å². The number of hydrogen-bond donors (Lipinski definition) is 1. The molecule has 0 spiro atoms. The van der Waals surface area contributed by atoms with Crippen molar-refractivity contribution in [1.29, 1.82) is 5.26 Å². The van der Waals surface area contributed by atoms with Gasteiger partial charge in [0.25, 0.3) is 0 Å². The lowest BCUT2D eigenvalue weighted by molar-refractivity contribution is 1.13. The molecule has 0 unspecified atom stereocenters. The Labute approximate surface area is 123 Å². The van der Waals surface area contributed by atoms with E-state index < -0.39 is 0 Å². The Morgan fingerprint density at radius 2 is 2.05 bits per heavy atom. The zero-order chi connectivity index (χ0) is 14.5. The van der Waals surface area contributed by atoms with Crippen molar-refractivity contribution in [2.45, 2.75) is 6.92 Å². The largest absolute Gasteiger partial charge is 0.378 e. The average molecular weight is 284 g/mol. The van der Waals surface area contributed by atoms with Crippen molar-refractivity contribution in [2.24, 2.45) is 0 Å². The van der Waals surface area contributed by atoms with Crippen molar-refractivity contribution in [3.05, 3.63) is 46.5 Å². The van der Waals surface area contributed by atoms with Crippen LogP contribution in [-0.2, 0) is 0 Å². The van der Waals surface area contributed by atoms with Crippen molar-refractivity contribution in [1.82, 2.24) is 4.98 Å². The topological polar surface area (TPSA) is 52.0 Å². The predicted molar refractivity (Wildman–Crippen MR) is 84.8 cm³/mol. The normalized spacial score (nSPS) is 11.0. The van der Waals surface area contributed by atoms with Gasteiger partial charge in [-0.1, -0.05) is 0 Å². The molecule has 102 valence electrons. The van der Waals surface area contributed by atoms with Crippen LogP contribution in [-0.4, -0.2) is 19.1 Å². The highest BCUT2D eigenvalue weighted by molar-refractivity contribution is 7.10. The summed E-state index contributed by atoms with van der Waals surface area (Å²) in [7, 11) is 4.00. The minimum absolute atomic E-state index is 0.541. The van der Waals surface area contributed by atoms with Crippen LogP contribution in [0.3, 0.4) is 0 Å². The maximum absolute atomic E-state index is 9.19. The van der Waals surface area contributed by atoms with Gasteiger partial charge in [-0.15, -0.1) is 11.3 Å². The molecule has 0 aliphatic heterocycles. The lowest BCUT2D eigenvalue weighted by Crippen LogP contribution is -2.08. The molecule has 5 heteroatoms. The molecule has 1 aromatic carbocycles. The van der Waals surface area contributed by atoms with Gasteiger partial charge in [-0.05, 0) is 31.2 Å². The van der Waals surface area contributed by atoms with Crippen molar-refractivity contribution < 1.29 is 0 Å². The van der Waals surface area contributed by atoms with Crippen molar-refractivity contribution in [2.75, 3.05) is 24.3 Å². The molecule has 20 heavy (non-hydrogen) atoms. The number of thiazole rings is 1. The van der Waals surface area contributed by atoms with E-state index >= 15 is 0 Å². The quantitative estimate of drug-likeness (QED) is 0.873. The molecular formula is C15H16N4S. The third kappa shape index (κ3) is 3.37. The summed E-state index contributed by atoms with van der Waals surface area (Å²) in [5.74, 6) is 0. The molecule has 1 N–H and O–H groups in total. The van der Waals surface area contributed by atoms with Crippen LogP contribution in [0.4, 0.5) is 11.4 Å². The average Bonchev–Trinajstić information content (AvgIpc) is 2.86. The maximum atomic E-state index is 9.19. The second kappa shape index (κ2) is 6.22. The van der Waals surface area contributed by atoms with Crippen LogP contribution in [0.5, 0.6) is 0 Å². The number of anilines is 2. The van der Waals surface area contributed by atoms with Gasteiger partial charge < -0.3 is 10.2 Å². The van der Waals surface area contributed by atoms with Gasteiger partial charge in [0, 0.05) is 42.7 Å². The van der Waals surface area contributed by atoms with Crippen LogP contribution in [0.1, 0.15) is 10.7 Å². The summed E-state index contributed by atoms with van der Waals surface area (Å²) in [5.41, 5.74) is 3.55. The number of aromatic nitrogens is 1. The van der Waals surface area contributed by atoms with Gasteiger partial charge in [0.1, 0.15) is 16.6 Å². The summed E-state index contributed by atoms with van der Waals surface area (Å²) >= 11 is 1.48. The van der Waals surface area contributed by atoms with Crippen molar-refractivity contribution >= 4 is 28.3 Å². The predicted octanol–water partition coefficient (Wildman–Crippen LogP) is 3.49. The zero-order valence-electron chi connectivity index (χ0n) is 11.7. The summed E-state index contributed by atoms with van der Waals surface area (Å²) in [6, 6.07) is 10.2. The summed E-state index contributed by atoms with van der Waals surface area (Å²) in [4.78, 5) is 6.35. The molecule has 0 aliphatic carbocycles. The van der Waals surface area contributed by atoms with E-state index in [1.165, 1.54) is 11.3 Å². The van der Waals surface area contributed by atoms with Crippen LogP contribution in [0, 0.1) is 18.3 Å². The summed E-state index contributed by atoms with van der Waals surface area (Å²) in [6.45, 7) is 1.92. The van der Waals surface area contributed by atoms with E-state index in [-0.39, 0.29) is 0 Å². The van der Waals surface area contributed by atoms with Gasteiger partial charge in [0.2, 0.25) is 0 Å². The third-order valence-electron chi connectivity index (χ3n) is 2.74. The first kappa shape index (κ1) is 14.1. The van der Waals surface area contributed by atoms with E-state index in [0.29, 0.717) is 5.57 Å². The van der Waals surface area contributed by atoms with E-state index in [9.17, 15) is 5.26 Å². The lowest BCUT2D eigenvalue weighted by Gasteiger charge is -2.12. The monoisotopic (exact) mass is 284 g/mol. The number of nitriles is 1. The number of allylic oxidation sites excluding steroid dienone is 1. The van der Waals surface area contributed by atoms with Crippen LogP contribution in [0.2, 0.25) is 0 Å². The lowest BCUT2D eigenvalue weighted by atomic mass is 10.2. The third-order valence-corrected chi connectivity index (χ3v) is 3.73. The van der Waals surface area contributed by atoms with Gasteiger partial charge in [0.05, 0.1) is 0 Å². The number of rotatable bonds is 4. The number of nitrogens with zero attached hydrogens (tertiary/aromatic N) is 3. The highest BCUT2D eigenvalue weighted by atomic mass is 32.1. The Balaban J connectivity index is 2.13. The highest BCUT2D eigenvalue weighted by Gasteiger charge is 2.05. The SMILES string of the molecule is Cc1csc(/C(C#N)=C/Nc2ccc(N(C)C)cc2)n1. The van der Waals surface area contributed by atoms with Crippen LogP contribution in [0.25, 0.3) is 5.57 Å². The van der Waals surface area contributed by atoms with Crippen LogP contribution in [0.15, 0.2) is 35.8 Å². The van der Waals surface area contributed by atoms with E-state index in [4.69, 9.17) is 0 Å². The Kier molecular flexibility index (Phi) is 4.38. The number of aryl methyl sites for hydroxylation is 1. The Bertz CT molecular complexity index is 647. The fourth-order valence-electron chi connectivity index (χ4n) is 1.63. The Hall–Kier alpha value is -2.32. The van der Waals surface area contributed by atoms with Gasteiger partial charge in [0.15, 0.2) is 0 Å². The molecule has 0 aliphatic rings. The number of hydrogen-bond acceptors (Lipinski definition) is 5. The second-order valence-electron chi connectivity index (χ2n) is 4.55. The molecule has 1 aromatic heterocycles. The van der Waals surface area contributed by atoms with Crippen molar-refractivity contribution in [3.8, 4) is 6.07 Å². The van der Waals surface area contributed by atoms with Gasteiger partial charge in [-0.3, -0.25) is 0 Å². The number of nitrogens with one attached hydrogen (secondary N) is 1. The van der Waals surface area contributed by atoms with Crippen molar-refractivity contribution in [3.63, 3.8) is 0 Å². The molecule has 0 saturated heterocycles. The first-order chi connectivity index (χ1) is 9.60. The minimum Gasteiger partial charge on any atom is -0.378 e. The molecule has 4 nitrogen and oxygen atoms in total. The number of benzene rings is 1. The first-order valence-electron chi connectivity index (χ1n) is 6.17. The highest BCUT2D eigenvalue weighted by Crippen LogP contribution is 2.20. The van der Waals surface area contributed by atoms with Crippen LogP contribution >= 0.6 is 11.3 Å². The fourth-order valence-corrected chi connectivity index (χ4v) is 2.39. The summed E-state index contributed by atoms with van der Waals surface area (Å²) in [5, 5.41) is 15.0. The molecule has 0 radical (unpaired) electrons. The molecule has 0 fully saturated rings. The smallest absolute Gasteiger partial charge is 0.135 e. The molecule has 2 aromatic rings. The van der Waals surface area contributed by atoms with Gasteiger partial charge in [-0.25, -0.2) is 4.98 Å². The molecule has 0 atom stereocenters. The molecule has 2 rings (SSSR count). The Morgan fingerprint density at radius 3 is 2.55 bits per heavy atom. The molecule has 0 saturated carbocycles. The van der Waals surface area contributed by atoms with Gasteiger partial charge in [-0.2, -0.15) is 5.26 Å². The summed E-state index contributed by atoms with van der Waals surface area (Å²) < 4.78 is 0. The minimum atomic E-state index is 0.541. The zero-order valence-corrected chi connectivity index (χ0v) is 12.5. The van der Waals surface area contributed by atoms with E-state index in [2.05, 4.69) is 16.4 Å². The van der Waals surface area contributed by atoms with E-state index in [1.807, 2.05) is 55.6 Å². The maximum Gasteiger partial charge on any atom is 0.135 e. The first-order valence-corrected chi connectivity index (χ1v) is 7.05. The van der Waals surface area contributed by atoms with E-state index in [1.54, 1.807) is 6.20 Å². The standard InChI is InChI=1S/C15H16N4S/c1-11-10-20-15(18-11)12(8-16)9-17-13-4-6-14(7-5-13)19(2)3/h4-7,9-10,17H,1-3H3/b12-9+. The Morgan fingerprint density at radius 1 is 1.35 bits per heavy atom. The molecule has 0 bridgehead atoms.